The van der Waals surface area contributed by atoms with Crippen LogP contribution in [-0.2, 0) is 4.74 Å². The smallest absolute Gasteiger partial charge is 0.205 e. The summed E-state index contributed by atoms with van der Waals surface area (Å²) in [5, 5.41) is 15.6. The highest BCUT2D eigenvalue weighted by atomic mass is 16.5. The molecule has 0 bridgehead atoms. The Morgan fingerprint density at radius 2 is 2.18 bits per heavy atom. The number of para-hydroxylation sites is 1. The fourth-order valence-corrected chi connectivity index (χ4v) is 1.76. The monoisotopic (exact) mass is 231 g/mol. The van der Waals surface area contributed by atoms with E-state index in [1.807, 2.05) is 30.3 Å². The number of ether oxygens (including phenoxy) is 1. The highest BCUT2D eigenvalue weighted by Crippen LogP contribution is 2.14. The summed E-state index contributed by atoms with van der Waals surface area (Å²) < 4.78 is 5.57. The van der Waals surface area contributed by atoms with E-state index >= 15 is 0 Å². The minimum absolute atomic E-state index is 0.0961. The molecule has 3 rings (SSSR count). The summed E-state index contributed by atoms with van der Waals surface area (Å²) in [6.07, 6.45) is -0.0961. The Balaban J connectivity index is 1.83. The normalized spacial score (nSPS) is 20.4. The SMILES string of the molecule is c1ccc(-n2nnc(C3CNCCO3)n2)cc1. The van der Waals surface area contributed by atoms with E-state index in [1.165, 1.54) is 4.80 Å². The molecule has 0 spiro atoms. The van der Waals surface area contributed by atoms with E-state index in [-0.39, 0.29) is 6.10 Å². The molecule has 1 aromatic carbocycles. The summed E-state index contributed by atoms with van der Waals surface area (Å²) in [7, 11) is 0. The second-order valence-electron chi connectivity index (χ2n) is 3.84. The van der Waals surface area contributed by atoms with Crippen LogP contribution in [0.1, 0.15) is 11.9 Å². The topological polar surface area (TPSA) is 64.9 Å². The zero-order valence-electron chi connectivity index (χ0n) is 9.28. The molecule has 1 aromatic heterocycles. The number of hydrogen-bond acceptors (Lipinski definition) is 5. The van der Waals surface area contributed by atoms with Gasteiger partial charge in [-0.1, -0.05) is 18.2 Å². The van der Waals surface area contributed by atoms with Gasteiger partial charge in [-0.05, 0) is 17.3 Å². The van der Waals surface area contributed by atoms with Crippen LogP contribution < -0.4 is 5.32 Å². The molecule has 6 heteroatoms. The van der Waals surface area contributed by atoms with Crippen molar-refractivity contribution in [3.8, 4) is 5.69 Å². The minimum Gasteiger partial charge on any atom is -0.367 e. The van der Waals surface area contributed by atoms with Gasteiger partial charge >= 0.3 is 0 Å². The maximum Gasteiger partial charge on any atom is 0.205 e. The number of morpholine rings is 1. The van der Waals surface area contributed by atoms with Gasteiger partial charge in [-0.2, -0.15) is 0 Å². The lowest BCUT2D eigenvalue weighted by molar-refractivity contribution is 0.0220. The van der Waals surface area contributed by atoms with Crippen LogP contribution >= 0.6 is 0 Å². The van der Waals surface area contributed by atoms with Crippen LogP contribution in [0.2, 0.25) is 0 Å². The largest absolute Gasteiger partial charge is 0.367 e. The van der Waals surface area contributed by atoms with Gasteiger partial charge in [0.2, 0.25) is 5.82 Å². The van der Waals surface area contributed by atoms with Crippen LogP contribution in [0, 0.1) is 0 Å². The summed E-state index contributed by atoms with van der Waals surface area (Å²) >= 11 is 0. The number of rotatable bonds is 2. The molecule has 0 aliphatic carbocycles. The summed E-state index contributed by atoms with van der Waals surface area (Å²) in [4.78, 5) is 1.52. The summed E-state index contributed by atoms with van der Waals surface area (Å²) in [6, 6.07) is 9.71. The van der Waals surface area contributed by atoms with E-state index in [9.17, 15) is 0 Å². The van der Waals surface area contributed by atoms with Crippen molar-refractivity contribution in [3.05, 3.63) is 36.2 Å². The molecule has 0 radical (unpaired) electrons. The van der Waals surface area contributed by atoms with Crippen LogP contribution in [0.3, 0.4) is 0 Å². The average molecular weight is 231 g/mol. The van der Waals surface area contributed by atoms with Crippen LogP contribution in [0.15, 0.2) is 30.3 Å². The molecule has 17 heavy (non-hydrogen) atoms. The zero-order valence-corrected chi connectivity index (χ0v) is 9.28. The van der Waals surface area contributed by atoms with Crippen molar-refractivity contribution >= 4 is 0 Å². The molecule has 88 valence electrons. The second-order valence-corrected chi connectivity index (χ2v) is 3.84. The molecule has 6 nitrogen and oxygen atoms in total. The molecule has 1 saturated heterocycles. The van der Waals surface area contributed by atoms with Crippen molar-refractivity contribution in [2.45, 2.75) is 6.10 Å². The number of nitrogens with one attached hydrogen (secondary N) is 1. The molecule has 1 unspecified atom stereocenters. The third-order valence-corrected chi connectivity index (χ3v) is 2.63. The molecule has 2 heterocycles. The fraction of sp³-hybridized carbons (Fsp3) is 0.364. The Bertz CT molecular complexity index is 478. The second kappa shape index (κ2) is 4.60. The Hall–Kier alpha value is -1.79. The predicted octanol–water partition coefficient (Wildman–Crippen LogP) is 0.323. The van der Waals surface area contributed by atoms with Gasteiger partial charge in [-0.15, -0.1) is 15.0 Å². The van der Waals surface area contributed by atoms with Crippen molar-refractivity contribution in [3.63, 3.8) is 0 Å². The van der Waals surface area contributed by atoms with Crippen molar-refractivity contribution in [2.24, 2.45) is 0 Å². The van der Waals surface area contributed by atoms with Crippen molar-refractivity contribution in [1.82, 2.24) is 25.5 Å². The van der Waals surface area contributed by atoms with E-state index in [1.54, 1.807) is 0 Å². The first-order valence-electron chi connectivity index (χ1n) is 5.61. The van der Waals surface area contributed by atoms with Crippen molar-refractivity contribution < 1.29 is 4.74 Å². The first-order valence-corrected chi connectivity index (χ1v) is 5.61. The third kappa shape index (κ3) is 2.17. The Kier molecular flexibility index (Phi) is 2.81. The molecule has 1 atom stereocenters. The quantitative estimate of drug-likeness (QED) is 0.806. The maximum atomic E-state index is 5.57. The van der Waals surface area contributed by atoms with E-state index in [2.05, 4.69) is 20.7 Å². The van der Waals surface area contributed by atoms with Gasteiger partial charge in [0.25, 0.3) is 0 Å². The number of benzene rings is 1. The summed E-state index contributed by atoms with van der Waals surface area (Å²) in [6.45, 7) is 2.30. The summed E-state index contributed by atoms with van der Waals surface area (Å²) in [5.41, 5.74) is 0.898. The van der Waals surface area contributed by atoms with Gasteiger partial charge in [0, 0.05) is 13.1 Å². The molecule has 0 saturated carbocycles. The number of nitrogens with zero attached hydrogens (tertiary/aromatic N) is 4. The van der Waals surface area contributed by atoms with Crippen LogP contribution in [0.4, 0.5) is 0 Å². The van der Waals surface area contributed by atoms with Crippen LogP contribution in [0.25, 0.3) is 5.69 Å². The number of aromatic nitrogens is 4. The Labute approximate surface area is 98.6 Å². The van der Waals surface area contributed by atoms with Gasteiger partial charge in [0.05, 0.1) is 12.3 Å². The minimum atomic E-state index is -0.0961. The van der Waals surface area contributed by atoms with Crippen molar-refractivity contribution in [1.29, 1.82) is 0 Å². The highest BCUT2D eigenvalue weighted by Gasteiger charge is 2.20. The van der Waals surface area contributed by atoms with Gasteiger partial charge in [-0.3, -0.25) is 0 Å². The standard InChI is InChI=1S/C11H13N5O/c1-2-4-9(5-3-1)16-14-11(13-15-16)10-8-12-6-7-17-10/h1-5,10,12H,6-8H2. The van der Waals surface area contributed by atoms with E-state index in [0.29, 0.717) is 12.4 Å². The van der Waals surface area contributed by atoms with E-state index in [4.69, 9.17) is 4.74 Å². The van der Waals surface area contributed by atoms with Crippen LogP contribution in [-0.4, -0.2) is 39.9 Å². The fourth-order valence-electron chi connectivity index (χ4n) is 1.76. The third-order valence-electron chi connectivity index (χ3n) is 2.63. The molecule has 1 fully saturated rings. The van der Waals surface area contributed by atoms with Gasteiger partial charge < -0.3 is 10.1 Å². The molecular formula is C11H13N5O. The number of tetrazole rings is 1. The lowest BCUT2D eigenvalue weighted by Gasteiger charge is -2.20. The summed E-state index contributed by atoms with van der Waals surface area (Å²) in [5.74, 6) is 0.626. The van der Waals surface area contributed by atoms with Gasteiger partial charge in [0.15, 0.2) is 0 Å². The maximum absolute atomic E-state index is 5.57. The van der Waals surface area contributed by atoms with Gasteiger partial charge in [0.1, 0.15) is 6.10 Å². The van der Waals surface area contributed by atoms with E-state index in [0.717, 1.165) is 18.8 Å². The predicted molar refractivity (Wildman–Crippen MR) is 60.7 cm³/mol. The van der Waals surface area contributed by atoms with Gasteiger partial charge in [-0.25, -0.2) is 0 Å². The molecule has 0 amide bonds. The molecule has 1 N–H and O–H groups in total. The average Bonchev–Trinajstić information content (AvgIpc) is 2.90. The van der Waals surface area contributed by atoms with E-state index < -0.39 is 0 Å². The lowest BCUT2D eigenvalue weighted by Crippen LogP contribution is -2.33. The first kappa shape index (κ1) is 10.4. The first-order chi connectivity index (χ1) is 8.43. The highest BCUT2D eigenvalue weighted by molar-refractivity contribution is 5.28. The Morgan fingerprint density at radius 1 is 1.29 bits per heavy atom. The zero-order chi connectivity index (χ0) is 11.5. The Morgan fingerprint density at radius 3 is 2.94 bits per heavy atom. The molecule has 1 aliphatic rings. The van der Waals surface area contributed by atoms with Crippen LogP contribution in [0.5, 0.6) is 0 Å². The molecule has 2 aromatic rings. The molecular weight excluding hydrogens is 218 g/mol. The number of hydrogen-bond donors (Lipinski definition) is 1. The lowest BCUT2D eigenvalue weighted by atomic mass is 10.3. The van der Waals surface area contributed by atoms with Crippen molar-refractivity contribution in [2.75, 3.05) is 19.7 Å². The molecule has 1 aliphatic heterocycles.